The molecule has 2 rings (SSSR count). The Morgan fingerprint density at radius 1 is 1.24 bits per heavy atom. The van der Waals surface area contributed by atoms with Crippen molar-refractivity contribution < 1.29 is 26.4 Å². The number of para-hydroxylation sites is 1. The summed E-state index contributed by atoms with van der Waals surface area (Å²) in [4.78, 5) is 4.30. The molecule has 1 N–H and O–H groups in total. The topological polar surface area (TPSA) is 47.3 Å². The average Bonchev–Trinajstić information content (AvgIpc) is 2.52. The molecule has 0 aliphatic carbocycles. The number of methoxy groups -OCH3 is 1. The summed E-state index contributed by atoms with van der Waals surface area (Å²) in [5, 5.41) is 3.24. The zero-order valence-corrected chi connectivity index (χ0v) is 13.0. The van der Waals surface area contributed by atoms with Crippen molar-refractivity contribution in [2.75, 3.05) is 19.0 Å². The first-order valence-corrected chi connectivity index (χ1v) is 6.66. The van der Waals surface area contributed by atoms with Gasteiger partial charge in [-0.25, -0.2) is 4.57 Å². The van der Waals surface area contributed by atoms with Crippen LogP contribution in [0.25, 0.3) is 0 Å². The summed E-state index contributed by atoms with van der Waals surface area (Å²) in [5.41, 5.74) is 0. The summed E-state index contributed by atoms with van der Waals surface area (Å²) in [6.07, 6.45) is 3.37. The smallest absolute Gasteiger partial charge is 0.391 e. The lowest BCUT2D eigenvalue weighted by atomic mass is 10.3. The van der Waals surface area contributed by atoms with E-state index in [2.05, 4.69) is 17.2 Å². The number of rotatable bonds is 7. The number of anilines is 1. The van der Waals surface area contributed by atoms with Crippen LogP contribution in [0.2, 0.25) is 0 Å². The molecule has 2 aromatic rings. The van der Waals surface area contributed by atoms with Crippen molar-refractivity contribution in [3.05, 3.63) is 48.8 Å². The van der Waals surface area contributed by atoms with Gasteiger partial charge in [-0.15, -0.1) is 0 Å². The van der Waals surface area contributed by atoms with Gasteiger partial charge in [-0.1, -0.05) is 23.2 Å². The minimum Gasteiger partial charge on any atom is -1.00 e. The van der Waals surface area contributed by atoms with Crippen LogP contribution in [0.4, 0.5) is 5.95 Å². The monoisotopic (exact) mass is 309 g/mol. The first-order valence-electron chi connectivity index (χ1n) is 6.66. The fraction of sp³-hybridized carbons (Fsp3) is 0.333. The van der Waals surface area contributed by atoms with E-state index in [-0.39, 0.29) is 18.7 Å². The maximum Gasteiger partial charge on any atom is 0.391 e. The number of aromatic nitrogens is 2. The van der Waals surface area contributed by atoms with Crippen LogP contribution in [0.15, 0.2) is 48.8 Å². The fourth-order valence-electron chi connectivity index (χ4n) is 1.80. The molecule has 0 saturated heterocycles. The lowest BCUT2D eigenvalue weighted by Crippen LogP contribution is -3.00. The van der Waals surface area contributed by atoms with Crippen molar-refractivity contribution in [1.29, 1.82) is 0 Å². The molecule has 0 spiro atoms. The zero-order chi connectivity index (χ0) is 14.2. The van der Waals surface area contributed by atoms with Gasteiger partial charge in [0.25, 0.3) is 0 Å². The first kappa shape index (κ1) is 17.2. The molecule has 0 bridgehead atoms. The Balaban J connectivity index is 0.00000220. The summed E-state index contributed by atoms with van der Waals surface area (Å²) in [5.74, 6) is 1.58. The predicted molar refractivity (Wildman–Crippen MR) is 76.5 cm³/mol. The van der Waals surface area contributed by atoms with Crippen LogP contribution in [0.5, 0.6) is 5.75 Å². The molecule has 21 heavy (non-hydrogen) atoms. The molecule has 5 nitrogen and oxygen atoms in total. The van der Waals surface area contributed by atoms with Gasteiger partial charge in [-0.3, -0.25) is 5.32 Å². The maximum absolute atomic E-state index is 5.74. The van der Waals surface area contributed by atoms with Crippen molar-refractivity contribution in [1.82, 2.24) is 4.98 Å². The van der Waals surface area contributed by atoms with Crippen molar-refractivity contribution in [2.45, 2.75) is 19.8 Å². The van der Waals surface area contributed by atoms with E-state index in [1.165, 1.54) is 0 Å². The van der Waals surface area contributed by atoms with Crippen LogP contribution in [-0.4, -0.2) is 24.9 Å². The molecule has 1 atom stereocenters. The number of aryl methyl sites for hydroxylation is 1. The molecule has 1 aromatic heterocycles. The second-order valence-corrected chi connectivity index (χ2v) is 4.21. The van der Waals surface area contributed by atoms with Gasteiger partial charge in [0.15, 0.2) is 0 Å². The zero-order valence-electron chi connectivity index (χ0n) is 12.2. The summed E-state index contributed by atoms with van der Waals surface area (Å²) >= 11 is 0. The van der Waals surface area contributed by atoms with Crippen molar-refractivity contribution in [3.8, 4) is 5.75 Å². The van der Waals surface area contributed by atoms with Gasteiger partial charge < -0.3 is 21.9 Å². The second-order valence-electron chi connectivity index (χ2n) is 4.21. The molecule has 0 aliphatic rings. The van der Waals surface area contributed by atoms with Crippen molar-refractivity contribution in [2.24, 2.45) is 0 Å². The summed E-state index contributed by atoms with van der Waals surface area (Å²) in [6.45, 7) is 3.44. The summed E-state index contributed by atoms with van der Waals surface area (Å²) in [7, 11) is 1.63. The first-order chi connectivity index (χ1) is 9.83. The van der Waals surface area contributed by atoms with Gasteiger partial charge in [-0.2, -0.15) is 0 Å². The second kappa shape index (κ2) is 9.15. The Morgan fingerprint density at radius 2 is 2.00 bits per heavy atom. The van der Waals surface area contributed by atoms with Crippen LogP contribution < -0.4 is 27.0 Å². The molecule has 0 aliphatic heterocycles. The molecular formula is C15H20ClN3O2. The van der Waals surface area contributed by atoms with E-state index in [9.17, 15) is 0 Å². The quantitative estimate of drug-likeness (QED) is 0.519. The summed E-state index contributed by atoms with van der Waals surface area (Å²) < 4.78 is 13.1. The van der Waals surface area contributed by atoms with Crippen LogP contribution in [0, 0.1) is 0 Å². The van der Waals surface area contributed by atoms with E-state index in [1.54, 1.807) is 13.3 Å². The van der Waals surface area contributed by atoms with Gasteiger partial charge in [0.1, 0.15) is 18.5 Å². The Morgan fingerprint density at radius 3 is 2.67 bits per heavy atom. The van der Waals surface area contributed by atoms with E-state index in [1.807, 2.05) is 47.2 Å². The van der Waals surface area contributed by atoms with Crippen LogP contribution >= 0.6 is 0 Å². The van der Waals surface area contributed by atoms with Crippen LogP contribution in [-0.2, 0) is 11.3 Å². The van der Waals surface area contributed by atoms with Crippen LogP contribution in [0.1, 0.15) is 6.92 Å². The van der Waals surface area contributed by atoms with E-state index >= 15 is 0 Å². The Kier molecular flexibility index (Phi) is 7.50. The highest BCUT2D eigenvalue weighted by Crippen LogP contribution is 2.11. The van der Waals surface area contributed by atoms with Gasteiger partial charge in [-0.05, 0) is 19.1 Å². The molecule has 1 aromatic carbocycles. The number of benzene rings is 1. The third-order valence-electron chi connectivity index (χ3n) is 2.86. The normalized spacial score (nSPS) is 11.3. The number of ether oxygens (including phenoxy) is 2. The number of hydrogen-bond acceptors (Lipinski definition) is 4. The lowest BCUT2D eigenvalue weighted by molar-refractivity contribution is -0.682. The number of hydrogen-bond donors (Lipinski definition) is 1. The third-order valence-corrected chi connectivity index (χ3v) is 2.86. The molecule has 1 unspecified atom stereocenters. The van der Waals surface area contributed by atoms with Gasteiger partial charge in [0.2, 0.25) is 6.29 Å². The minimum atomic E-state index is -0.371. The largest absolute Gasteiger partial charge is 1.00 e. The van der Waals surface area contributed by atoms with E-state index in [4.69, 9.17) is 9.47 Å². The highest BCUT2D eigenvalue weighted by Gasteiger charge is 2.14. The molecule has 1 heterocycles. The summed E-state index contributed by atoms with van der Waals surface area (Å²) in [6, 6.07) is 11.5. The van der Waals surface area contributed by atoms with Crippen molar-refractivity contribution >= 4 is 5.95 Å². The Labute approximate surface area is 131 Å². The molecule has 0 fully saturated rings. The van der Waals surface area contributed by atoms with Gasteiger partial charge >= 0.3 is 5.95 Å². The number of halogens is 1. The average molecular weight is 310 g/mol. The maximum atomic E-state index is 5.74. The SMILES string of the molecule is CC[n+]1cccnc1NCC(OC)Oc1ccccc1.[Cl-]. The molecule has 0 amide bonds. The fourth-order valence-corrected chi connectivity index (χ4v) is 1.80. The molecular weight excluding hydrogens is 290 g/mol. The van der Waals surface area contributed by atoms with Crippen molar-refractivity contribution in [3.63, 3.8) is 0 Å². The highest BCUT2D eigenvalue weighted by atomic mass is 35.5. The molecule has 0 saturated carbocycles. The predicted octanol–water partition coefficient (Wildman–Crippen LogP) is -1.14. The third kappa shape index (κ3) is 5.21. The van der Waals surface area contributed by atoms with Gasteiger partial charge in [0, 0.05) is 13.2 Å². The lowest BCUT2D eigenvalue weighted by Gasteiger charge is -2.16. The number of nitrogens with zero attached hydrogens (tertiary/aromatic N) is 2. The molecule has 6 heteroatoms. The van der Waals surface area contributed by atoms with Gasteiger partial charge in [0.05, 0.1) is 12.7 Å². The van der Waals surface area contributed by atoms with E-state index < -0.39 is 0 Å². The number of nitrogens with one attached hydrogen (secondary N) is 1. The highest BCUT2D eigenvalue weighted by molar-refractivity contribution is 5.21. The molecule has 114 valence electrons. The minimum absolute atomic E-state index is 0. The Hall–Kier alpha value is -1.85. The molecule has 0 radical (unpaired) electrons. The van der Waals surface area contributed by atoms with Crippen LogP contribution in [0.3, 0.4) is 0 Å². The standard InChI is InChI=1S/C15H19N3O2.ClH/c1-3-18-11-7-10-16-15(18)17-12-14(19-2)20-13-8-5-4-6-9-13;/h4-11,14H,3,12H2,1-2H3;1H. The van der Waals surface area contributed by atoms with E-state index in [0.29, 0.717) is 6.54 Å². The Bertz CT molecular complexity index is 525. The van der Waals surface area contributed by atoms with E-state index in [0.717, 1.165) is 18.2 Å².